The average Bonchev–Trinajstić information content (AvgIpc) is 3.11. The van der Waals surface area contributed by atoms with E-state index in [0.29, 0.717) is 18.4 Å². The Morgan fingerprint density at radius 1 is 1.41 bits per heavy atom. The van der Waals surface area contributed by atoms with Gasteiger partial charge in [-0.25, -0.2) is 4.98 Å². The lowest BCUT2D eigenvalue weighted by Crippen LogP contribution is -2.45. The molecule has 4 nitrogen and oxygen atoms in total. The summed E-state index contributed by atoms with van der Waals surface area (Å²) < 4.78 is 0. The number of carbonyl (C=O) groups excluding carboxylic acids is 1. The SMILES string of the molecule is CC(C)(C)c1csc(CCNC(=O)C2C3CCC(C3)C2N)n1. The summed E-state index contributed by atoms with van der Waals surface area (Å²) in [5.74, 6) is 1.30. The fourth-order valence-electron chi connectivity index (χ4n) is 3.91. The molecule has 22 heavy (non-hydrogen) atoms. The van der Waals surface area contributed by atoms with Crippen molar-refractivity contribution < 1.29 is 4.79 Å². The number of nitrogens with zero attached hydrogens (tertiary/aromatic N) is 1. The average molecular weight is 321 g/mol. The lowest BCUT2D eigenvalue weighted by Gasteiger charge is -2.26. The van der Waals surface area contributed by atoms with E-state index in [4.69, 9.17) is 5.73 Å². The van der Waals surface area contributed by atoms with Gasteiger partial charge in [0.25, 0.3) is 0 Å². The smallest absolute Gasteiger partial charge is 0.224 e. The zero-order chi connectivity index (χ0) is 15.9. The number of amides is 1. The predicted octanol–water partition coefficient (Wildman–Crippen LogP) is 2.47. The molecule has 1 aromatic heterocycles. The Morgan fingerprint density at radius 2 is 2.14 bits per heavy atom. The van der Waals surface area contributed by atoms with Crippen LogP contribution in [0, 0.1) is 17.8 Å². The third kappa shape index (κ3) is 3.06. The quantitative estimate of drug-likeness (QED) is 0.895. The lowest BCUT2D eigenvalue weighted by atomic mass is 9.84. The molecule has 0 saturated heterocycles. The molecular formula is C17H27N3OS. The van der Waals surface area contributed by atoms with Crippen LogP contribution in [0.2, 0.25) is 0 Å². The van der Waals surface area contributed by atoms with Crippen molar-refractivity contribution in [2.75, 3.05) is 6.54 Å². The van der Waals surface area contributed by atoms with E-state index in [0.717, 1.165) is 23.5 Å². The molecule has 0 aromatic carbocycles. The van der Waals surface area contributed by atoms with Crippen molar-refractivity contribution in [1.82, 2.24) is 10.3 Å². The summed E-state index contributed by atoms with van der Waals surface area (Å²) in [6.45, 7) is 7.18. The van der Waals surface area contributed by atoms with Gasteiger partial charge in [-0.2, -0.15) is 0 Å². The van der Waals surface area contributed by atoms with Gasteiger partial charge in [0.05, 0.1) is 16.6 Å². The number of nitrogens with one attached hydrogen (secondary N) is 1. The van der Waals surface area contributed by atoms with Crippen LogP contribution in [0.5, 0.6) is 0 Å². The first-order chi connectivity index (χ1) is 10.4. The molecule has 3 N–H and O–H groups in total. The summed E-state index contributed by atoms with van der Waals surface area (Å²) in [6, 6.07) is 0.0751. The monoisotopic (exact) mass is 321 g/mol. The molecule has 0 aliphatic heterocycles. The third-order valence-corrected chi connectivity index (χ3v) is 6.15. The van der Waals surface area contributed by atoms with E-state index in [-0.39, 0.29) is 23.3 Å². The number of fused-ring (bicyclic) bond motifs is 2. The second-order valence-corrected chi connectivity index (χ2v) is 8.80. The Labute approximate surface area is 136 Å². The van der Waals surface area contributed by atoms with Crippen LogP contribution in [0.3, 0.4) is 0 Å². The minimum atomic E-state index is 0.0418. The van der Waals surface area contributed by atoms with Crippen LogP contribution in [0.15, 0.2) is 5.38 Å². The van der Waals surface area contributed by atoms with Crippen molar-refractivity contribution in [2.45, 2.75) is 57.9 Å². The fourth-order valence-corrected chi connectivity index (χ4v) is 4.93. The molecule has 2 saturated carbocycles. The van der Waals surface area contributed by atoms with Crippen LogP contribution < -0.4 is 11.1 Å². The highest BCUT2D eigenvalue weighted by Gasteiger charge is 2.48. The van der Waals surface area contributed by atoms with E-state index in [2.05, 4.69) is 36.5 Å². The van der Waals surface area contributed by atoms with E-state index in [1.165, 1.54) is 12.8 Å². The molecule has 2 bridgehead atoms. The fraction of sp³-hybridized carbons (Fsp3) is 0.765. The summed E-state index contributed by atoms with van der Waals surface area (Å²) in [4.78, 5) is 17.1. The Bertz CT molecular complexity index is 546. The number of nitrogens with two attached hydrogens (primary N) is 1. The highest BCUT2D eigenvalue weighted by molar-refractivity contribution is 7.09. The van der Waals surface area contributed by atoms with E-state index < -0.39 is 0 Å². The Morgan fingerprint density at radius 3 is 2.73 bits per heavy atom. The van der Waals surface area contributed by atoms with Crippen molar-refractivity contribution >= 4 is 17.2 Å². The summed E-state index contributed by atoms with van der Waals surface area (Å²) in [7, 11) is 0. The molecule has 0 spiro atoms. The van der Waals surface area contributed by atoms with E-state index >= 15 is 0 Å². The number of carbonyl (C=O) groups is 1. The van der Waals surface area contributed by atoms with Crippen molar-refractivity contribution in [3.05, 3.63) is 16.1 Å². The third-order valence-electron chi connectivity index (χ3n) is 5.24. The number of aromatic nitrogens is 1. The van der Waals surface area contributed by atoms with Crippen LogP contribution in [0.25, 0.3) is 0 Å². The maximum Gasteiger partial charge on any atom is 0.224 e. The molecule has 0 radical (unpaired) electrons. The molecule has 2 fully saturated rings. The molecule has 3 rings (SSSR count). The van der Waals surface area contributed by atoms with Crippen molar-refractivity contribution in [1.29, 1.82) is 0 Å². The maximum absolute atomic E-state index is 12.4. The minimum absolute atomic E-state index is 0.0418. The van der Waals surface area contributed by atoms with E-state index in [1.54, 1.807) is 11.3 Å². The van der Waals surface area contributed by atoms with Gasteiger partial charge in [0.2, 0.25) is 5.91 Å². The first-order valence-electron chi connectivity index (χ1n) is 8.34. The summed E-state index contributed by atoms with van der Waals surface area (Å²) in [5.41, 5.74) is 7.45. The topological polar surface area (TPSA) is 68.0 Å². The highest BCUT2D eigenvalue weighted by Crippen LogP contribution is 2.47. The lowest BCUT2D eigenvalue weighted by molar-refractivity contribution is -0.127. The van der Waals surface area contributed by atoms with Crippen molar-refractivity contribution in [2.24, 2.45) is 23.5 Å². The summed E-state index contributed by atoms with van der Waals surface area (Å²) in [6.07, 6.45) is 4.35. The molecule has 2 aliphatic rings. The minimum Gasteiger partial charge on any atom is -0.355 e. The van der Waals surface area contributed by atoms with Gasteiger partial charge >= 0.3 is 0 Å². The van der Waals surface area contributed by atoms with Gasteiger partial charge in [-0.1, -0.05) is 20.8 Å². The van der Waals surface area contributed by atoms with Crippen molar-refractivity contribution in [3.63, 3.8) is 0 Å². The number of hydrogen-bond donors (Lipinski definition) is 2. The summed E-state index contributed by atoms with van der Waals surface area (Å²) >= 11 is 1.69. The zero-order valence-electron chi connectivity index (χ0n) is 13.8. The molecule has 4 atom stereocenters. The largest absolute Gasteiger partial charge is 0.355 e. The predicted molar refractivity (Wildman–Crippen MR) is 89.8 cm³/mol. The normalized spacial score (nSPS) is 30.7. The number of thiazole rings is 1. The molecule has 1 amide bonds. The summed E-state index contributed by atoms with van der Waals surface area (Å²) in [5, 5.41) is 6.31. The number of rotatable bonds is 4. The van der Waals surface area contributed by atoms with Gasteiger partial charge in [0, 0.05) is 29.8 Å². The maximum atomic E-state index is 12.4. The molecule has 1 aromatic rings. The molecule has 4 unspecified atom stereocenters. The standard InChI is InChI=1S/C17H27N3OS/c1-17(2,3)12-9-22-13(20-12)6-7-19-16(21)14-10-4-5-11(8-10)15(14)18/h9-11,14-15H,4-8,18H2,1-3H3,(H,19,21). The highest BCUT2D eigenvalue weighted by atomic mass is 32.1. The van der Waals surface area contributed by atoms with Crippen molar-refractivity contribution in [3.8, 4) is 0 Å². The Kier molecular flexibility index (Phi) is 4.29. The van der Waals surface area contributed by atoms with Crippen LogP contribution in [0.1, 0.15) is 50.7 Å². The first kappa shape index (κ1) is 15.9. The van der Waals surface area contributed by atoms with Gasteiger partial charge in [-0.15, -0.1) is 11.3 Å². The molecule has 5 heteroatoms. The first-order valence-corrected chi connectivity index (χ1v) is 9.22. The second-order valence-electron chi connectivity index (χ2n) is 7.85. The van der Waals surface area contributed by atoms with E-state index in [9.17, 15) is 4.79 Å². The van der Waals surface area contributed by atoms with Gasteiger partial charge in [0.15, 0.2) is 0 Å². The molecule has 2 aliphatic carbocycles. The van der Waals surface area contributed by atoms with Gasteiger partial charge in [-0.3, -0.25) is 4.79 Å². The van der Waals surface area contributed by atoms with Crippen LogP contribution in [-0.2, 0) is 16.6 Å². The number of hydrogen-bond acceptors (Lipinski definition) is 4. The van der Waals surface area contributed by atoms with E-state index in [1.807, 2.05) is 0 Å². The molecule has 1 heterocycles. The van der Waals surface area contributed by atoms with Gasteiger partial charge in [-0.05, 0) is 31.1 Å². The Balaban J connectivity index is 1.49. The van der Waals surface area contributed by atoms with Crippen LogP contribution >= 0.6 is 11.3 Å². The molecule has 122 valence electrons. The van der Waals surface area contributed by atoms with Gasteiger partial charge in [0.1, 0.15) is 0 Å². The molecular weight excluding hydrogens is 294 g/mol. The second kappa shape index (κ2) is 5.93. The van der Waals surface area contributed by atoms with Crippen LogP contribution in [-0.4, -0.2) is 23.5 Å². The van der Waals surface area contributed by atoms with Crippen LogP contribution in [0.4, 0.5) is 0 Å². The zero-order valence-corrected chi connectivity index (χ0v) is 14.6. The Hall–Kier alpha value is -0.940. The van der Waals surface area contributed by atoms with Gasteiger partial charge < -0.3 is 11.1 Å².